The van der Waals surface area contributed by atoms with Crippen LogP contribution in [0, 0.1) is 22.2 Å². The normalized spacial score (nSPS) is 47.0. The fourth-order valence-electron chi connectivity index (χ4n) is 7.18. The van der Waals surface area contributed by atoms with Gasteiger partial charge in [-0.05, 0) is 89.4 Å². The molecular formula is C22H32O2. The third-order valence-electron chi connectivity index (χ3n) is 9.69. The van der Waals surface area contributed by atoms with Gasteiger partial charge in [-0.2, -0.15) is 0 Å². The Hall–Kier alpha value is -1.18. The summed E-state index contributed by atoms with van der Waals surface area (Å²) in [7, 11) is 0. The highest BCUT2D eigenvalue weighted by Gasteiger charge is 2.69. The van der Waals surface area contributed by atoms with E-state index in [2.05, 4.69) is 34.6 Å². The number of aromatic hydroxyl groups is 2. The van der Waals surface area contributed by atoms with E-state index in [0.29, 0.717) is 10.8 Å². The summed E-state index contributed by atoms with van der Waals surface area (Å²) in [4.78, 5) is 0. The van der Waals surface area contributed by atoms with Crippen LogP contribution in [0.3, 0.4) is 0 Å². The molecule has 2 N–H and O–H groups in total. The molecule has 5 atom stereocenters. The summed E-state index contributed by atoms with van der Waals surface area (Å²) < 4.78 is 0. The van der Waals surface area contributed by atoms with Gasteiger partial charge in [-0.25, -0.2) is 0 Å². The lowest BCUT2D eigenvalue weighted by atomic mass is 9.36. The van der Waals surface area contributed by atoms with Crippen LogP contribution < -0.4 is 0 Å². The minimum absolute atomic E-state index is 0.0299. The molecule has 0 spiro atoms. The van der Waals surface area contributed by atoms with E-state index in [0.717, 1.165) is 12.3 Å². The molecule has 0 radical (unpaired) electrons. The number of hydrogen-bond acceptors (Lipinski definition) is 2. The zero-order valence-electron chi connectivity index (χ0n) is 15.9. The van der Waals surface area contributed by atoms with Crippen molar-refractivity contribution in [3.63, 3.8) is 0 Å². The number of benzene rings is 1. The van der Waals surface area contributed by atoms with Crippen LogP contribution in [0.25, 0.3) is 0 Å². The monoisotopic (exact) mass is 328 g/mol. The fraction of sp³-hybridized carbons (Fsp3) is 0.727. The van der Waals surface area contributed by atoms with E-state index in [4.69, 9.17) is 0 Å². The van der Waals surface area contributed by atoms with Gasteiger partial charge in [0.2, 0.25) is 0 Å². The average molecular weight is 328 g/mol. The largest absolute Gasteiger partial charge is 0.504 e. The Balaban J connectivity index is 1.93. The average Bonchev–Trinajstić information content (AvgIpc) is 2.77. The van der Waals surface area contributed by atoms with Gasteiger partial charge in [0, 0.05) is 0 Å². The van der Waals surface area contributed by atoms with Crippen molar-refractivity contribution < 1.29 is 10.2 Å². The maximum absolute atomic E-state index is 10.2. The fourth-order valence-corrected chi connectivity index (χ4v) is 7.18. The summed E-state index contributed by atoms with van der Waals surface area (Å²) in [6, 6.07) is 3.68. The molecule has 2 unspecified atom stereocenters. The third-order valence-corrected chi connectivity index (χ3v) is 9.69. The van der Waals surface area contributed by atoms with Crippen molar-refractivity contribution >= 4 is 0 Å². The van der Waals surface area contributed by atoms with Crippen molar-refractivity contribution in [3.05, 3.63) is 23.3 Å². The molecule has 132 valence electrons. The van der Waals surface area contributed by atoms with E-state index in [1.807, 2.05) is 12.1 Å². The van der Waals surface area contributed by atoms with Crippen LogP contribution in [0.15, 0.2) is 12.1 Å². The van der Waals surface area contributed by atoms with Crippen molar-refractivity contribution in [2.45, 2.75) is 78.6 Å². The molecule has 0 amide bonds. The van der Waals surface area contributed by atoms with Gasteiger partial charge in [-0.3, -0.25) is 0 Å². The van der Waals surface area contributed by atoms with Crippen molar-refractivity contribution in [1.29, 1.82) is 0 Å². The first-order chi connectivity index (χ1) is 11.1. The van der Waals surface area contributed by atoms with E-state index in [1.54, 1.807) is 0 Å². The first-order valence-electron chi connectivity index (χ1n) is 9.64. The maximum Gasteiger partial charge on any atom is 0.157 e. The first kappa shape index (κ1) is 16.3. The molecule has 0 heterocycles. The highest BCUT2D eigenvalue weighted by atomic mass is 16.3. The lowest BCUT2D eigenvalue weighted by Crippen LogP contribution is -2.62. The number of hydrogen-bond donors (Lipinski definition) is 2. The Morgan fingerprint density at radius 3 is 2.25 bits per heavy atom. The van der Waals surface area contributed by atoms with Crippen molar-refractivity contribution in [2.24, 2.45) is 22.2 Å². The van der Waals surface area contributed by atoms with Crippen LogP contribution in [-0.2, 0) is 11.8 Å². The topological polar surface area (TPSA) is 40.5 Å². The Bertz CT molecular complexity index is 710. The number of aryl methyl sites for hydroxylation is 1. The van der Waals surface area contributed by atoms with Crippen molar-refractivity contribution in [1.82, 2.24) is 0 Å². The molecule has 0 aliphatic heterocycles. The van der Waals surface area contributed by atoms with Crippen LogP contribution in [-0.4, -0.2) is 10.2 Å². The zero-order valence-corrected chi connectivity index (χ0v) is 15.9. The summed E-state index contributed by atoms with van der Waals surface area (Å²) in [5.41, 5.74) is 3.58. The van der Waals surface area contributed by atoms with Crippen LogP contribution in [0.1, 0.15) is 77.8 Å². The number of fused-ring (bicyclic) bond motifs is 5. The molecule has 2 saturated carbocycles. The summed E-state index contributed by atoms with van der Waals surface area (Å²) in [6.07, 6.45) is 7.28. The molecule has 1 aromatic carbocycles. The molecule has 0 bridgehead atoms. The number of phenols is 2. The van der Waals surface area contributed by atoms with Gasteiger partial charge in [0.05, 0.1) is 0 Å². The van der Waals surface area contributed by atoms with Crippen LogP contribution in [0.2, 0.25) is 0 Å². The standard InChI is InChI=1S/C22H32O2/c1-14-6-8-21(4)19(14,2)10-11-20(3)16-13-18(24)17(23)12-15(16)7-9-22(20,21)5/h12-14,23-24H,6-11H2,1-5H3/t14?,19?,20-,21-,22-/m1/s1. The Labute approximate surface area is 146 Å². The van der Waals surface area contributed by atoms with E-state index < -0.39 is 0 Å². The van der Waals surface area contributed by atoms with Gasteiger partial charge in [-0.15, -0.1) is 0 Å². The number of phenolic OH excluding ortho intramolecular Hbond substituents is 2. The van der Waals surface area contributed by atoms with E-state index >= 15 is 0 Å². The first-order valence-corrected chi connectivity index (χ1v) is 9.64. The van der Waals surface area contributed by atoms with Gasteiger partial charge >= 0.3 is 0 Å². The van der Waals surface area contributed by atoms with Gasteiger partial charge < -0.3 is 10.2 Å². The highest BCUT2D eigenvalue weighted by molar-refractivity contribution is 5.51. The Morgan fingerprint density at radius 2 is 1.54 bits per heavy atom. The minimum atomic E-state index is 0.0299. The molecule has 0 aromatic heterocycles. The highest BCUT2D eigenvalue weighted by Crippen LogP contribution is 2.76. The summed E-state index contributed by atoms with van der Waals surface area (Å²) in [5, 5.41) is 20.1. The molecule has 3 aliphatic carbocycles. The predicted octanol–water partition coefficient (Wildman–Crippen LogP) is 5.54. The SMILES string of the molecule is CC1CC[C@]2(C)C1(C)CC[C@]1(C)c3cc(O)c(O)cc3CC[C@]12C. The second kappa shape index (κ2) is 4.51. The Kier molecular flexibility index (Phi) is 3.06. The second-order valence-electron chi connectivity index (χ2n) is 9.85. The summed E-state index contributed by atoms with van der Waals surface area (Å²) >= 11 is 0. The van der Waals surface area contributed by atoms with E-state index in [1.165, 1.54) is 43.2 Å². The van der Waals surface area contributed by atoms with Gasteiger partial charge in [-0.1, -0.05) is 34.6 Å². The smallest absolute Gasteiger partial charge is 0.157 e. The van der Waals surface area contributed by atoms with Gasteiger partial charge in [0.1, 0.15) is 0 Å². The van der Waals surface area contributed by atoms with Gasteiger partial charge in [0.15, 0.2) is 11.5 Å². The number of rotatable bonds is 0. The van der Waals surface area contributed by atoms with Crippen molar-refractivity contribution in [3.8, 4) is 11.5 Å². The zero-order chi connectivity index (χ0) is 17.5. The quantitative estimate of drug-likeness (QED) is 0.613. The summed E-state index contributed by atoms with van der Waals surface area (Å²) in [5.74, 6) is 0.860. The molecule has 24 heavy (non-hydrogen) atoms. The van der Waals surface area contributed by atoms with E-state index in [9.17, 15) is 10.2 Å². The lowest BCUT2D eigenvalue weighted by molar-refractivity contribution is -0.148. The maximum atomic E-state index is 10.2. The van der Waals surface area contributed by atoms with Crippen molar-refractivity contribution in [2.75, 3.05) is 0 Å². The van der Waals surface area contributed by atoms with Crippen LogP contribution >= 0.6 is 0 Å². The molecule has 4 rings (SSSR count). The molecule has 2 nitrogen and oxygen atoms in total. The molecule has 1 aromatic rings. The summed E-state index contributed by atoms with van der Waals surface area (Å²) in [6.45, 7) is 12.5. The van der Waals surface area contributed by atoms with Crippen LogP contribution in [0.5, 0.6) is 11.5 Å². The molecule has 2 fully saturated rings. The minimum Gasteiger partial charge on any atom is -0.504 e. The Morgan fingerprint density at radius 1 is 0.875 bits per heavy atom. The van der Waals surface area contributed by atoms with E-state index in [-0.39, 0.29) is 22.3 Å². The molecule has 0 saturated heterocycles. The lowest BCUT2D eigenvalue weighted by Gasteiger charge is -2.68. The second-order valence-corrected chi connectivity index (χ2v) is 9.85. The van der Waals surface area contributed by atoms with Crippen LogP contribution in [0.4, 0.5) is 0 Å². The predicted molar refractivity (Wildman–Crippen MR) is 97.4 cm³/mol. The molecule has 2 heteroatoms. The molecular weight excluding hydrogens is 296 g/mol. The molecule has 3 aliphatic rings. The third kappa shape index (κ3) is 1.54. The van der Waals surface area contributed by atoms with Gasteiger partial charge in [0.25, 0.3) is 0 Å².